The summed E-state index contributed by atoms with van der Waals surface area (Å²) >= 11 is -5.63. The van der Waals surface area contributed by atoms with Crippen molar-refractivity contribution < 1.29 is 25.9 Å². The number of hydrogen-bond acceptors (Lipinski definition) is 6. The van der Waals surface area contributed by atoms with Crippen LogP contribution in [-0.2, 0) is 31.1 Å². The largest absolute Gasteiger partial charge is 0.750 e. The molecule has 72 valence electrons. The molecule has 2 unspecified atom stereocenters. The zero-order valence-electron chi connectivity index (χ0n) is 6.00. The molecule has 0 saturated heterocycles. The minimum atomic E-state index is -2.81. The van der Waals surface area contributed by atoms with Crippen LogP contribution in [0.3, 0.4) is 0 Å². The molecule has 0 aliphatic carbocycles. The highest BCUT2D eigenvalue weighted by atomic mass is 32.2. The molecule has 0 rings (SSSR count). The normalized spacial score (nSPS) is 19.2. The van der Waals surface area contributed by atoms with E-state index in [9.17, 15) is 17.5 Å². The van der Waals surface area contributed by atoms with Gasteiger partial charge in [-0.2, -0.15) is 0 Å². The lowest BCUT2D eigenvalue weighted by molar-refractivity contribution is 0.0541. The van der Waals surface area contributed by atoms with Crippen LogP contribution in [0.15, 0.2) is 12.2 Å². The molecule has 0 aromatic carbocycles. The van der Waals surface area contributed by atoms with E-state index in [1.54, 1.807) is 6.92 Å². The van der Waals surface area contributed by atoms with E-state index >= 15 is 0 Å². The topological polar surface area (TPSA) is 98.7 Å². The quantitative estimate of drug-likeness (QED) is 0.348. The van der Waals surface area contributed by atoms with Gasteiger partial charge in [0, 0.05) is 0 Å². The molecule has 2 atom stereocenters. The Bertz CT molecular complexity index is 186. The predicted octanol–water partition coefficient (Wildman–Crippen LogP) is -0.490. The fourth-order valence-electron chi connectivity index (χ4n) is 0.392. The number of hydrogen-bond donors (Lipinski definition) is 0. The monoisotopic (exact) mass is 214 g/mol. The summed E-state index contributed by atoms with van der Waals surface area (Å²) < 4.78 is 47.7. The predicted molar refractivity (Wildman–Crippen MR) is 38.6 cm³/mol. The van der Waals surface area contributed by atoms with Gasteiger partial charge in [0.15, 0.2) is 0 Å². The molecule has 0 bridgehead atoms. The SMILES string of the molecule is CC=CC(OS(=O)[O-])OS(=O)[O-]. The lowest BCUT2D eigenvalue weighted by atomic mass is 10.5. The summed E-state index contributed by atoms with van der Waals surface area (Å²) in [6, 6.07) is 0. The van der Waals surface area contributed by atoms with Crippen molar-refractivity contribution in [3.8, 4) is 0 Å². The molecule has 8 heteroatoms. The summed E-state index contributed by atoms with van der Waals surface area (Å²) in [4.78, 5) is 0. The van der Waals surface area contributed by atoms with Gasteiger partial charge in [-0.25, -0.2) is 8.42 Å². The molecule has 0 amide bonds. The lowest BCUT2D eigenvalue weighted by Gasteiger charge is -2.15. The molecule has 0 aromatic heterocycles. The van der Waals surface area contributed by atoms with E-state index < -0.39 is 29.0 Å². The summed E-state index contributed by atoms with van der Waals surface area (Å²) in [5, 5.41) is 0. The van der Waals surface area contributed by atoms with E-state index in [1.807, 2.05) is 0 Å². The summed E-state index contributed by atoms with van der Waals surface area (Å²) in [6.07, 6.45) is 1.10. The van der Waals surface area contributed by atoms with Gasteiger partial charge >= 0.3 is 0 Å². The minimum Gasteiger partial charge on any atom is -0.750 e. The summed E-state index contributed by atoms with van der Waals surface area (Å²) in [5.41, 5.74) is 0. The Morgan fingerprint density at radius 2 is 1.67 bits per heavy atom. The van der Waals surface area contributed by atoms with Gasteiger partial charge in [-0.15, -0.1) is 0 Å². The Kier molecular flexibility index (Phi) is 6.34. The maximum Gasteiger partial charge on any atom is 0.205 e. The van der Waals surface area contributed by atoms with Crippen LogP contribution in [-0.4, -0.2) is 23.8 Å². The Morgan fingerprint density at radius 3 is 1.92 bits per heavy atom. The van der Waals surface area contributed by atoms with Gasteiger partial charge in [-0.1, -0.05) is 6.08 Å². The molecule has 0 aliphatic rings. The second-order valence-corrected chi connectivity index (χ2v) is 2.70. The van der Waals surface area contributed by atoms with Crippen molar-refractivity contribution in [1.29, 1.82) is 0 Å². The molecule has 0 aliphatic heterocycles. The standard InChI is InChI=1S/C4H8O6S2/c1-2-3-4(9-11(5)6)10-12(7)8/h2-4H,1H3,(H,5,6)(H,7,8)/p-2. The van der Waals surface area contributed by atoms with Crippen molar-refractivity contribution in [3.05, 3.63) is 12.2 Å². The summed E-state index contributed by atoms with van der Waals surface area (Å²) in [6.45, 7) is 1.56. The molecule has 0 fully saturated rings. The average molecular weight is 214 g/mol. The third kappa shape index (κ3) is 6.58. The second-order valence-electron chi connectivity index (χ2n) is 1.49. The van der Waals surface area contributed by atoms with Crippen molar-refractivity contribution in [1.82, 2.24) is 0 Å². The molecule has 12 heavy (non-hydrogen) atoms. The van der Waals surface area contributed by atoms with Gasteiger partial charge < -0.3 is 9.11 Å². The number of rotatable bonds is 5. The molecule has 6 nitrogen and oxygen atoms in total. The maximum absolute atomic E-state index is 9.93. The Hall–Kier alpha value is -0.120. The van der Waals surface area contributed by atoms with Crippen LogP contribution in [0.1, 0.15) is 6.92 Å². The van der Waals surface area contributed by atoms with Gasteiger partial charge in [0.05, 0.1) is 22.7 Å². The molecule has 0 radical (unpaired) electrons. The Balaban J connectivity index is 4.03. The molecular formula is C4H6O6S2-2. The van der Waals surface area contributed by atoms with Crippen LogP contribution < -0.4 is 0 Å². The maximum atomic E-state index is 9.93. The van der Waals surface area contributed by atoms with Gasteiger partial charge in [0.1, 0.15) is 0 Å². The Labute approximate surface area is 74.5 Å². The fraction of sp³-hybridized carbons (Fsp3) is 0.500. The molecule has 0 spiro atoms. The molecule has 0 aromatic rings. The minimum absolute atomic E-state index is 1.13. The zero-order valence-corrected chi connectivity index (χ0v) is 7.63. The van der Waals surface area contributed by atoms with Gasteiger partial charge in [0.2, 0.25) is 6.29 Å². The summed E-state index contributed by atoms with van der Waals surface area (Å²) in [7, 11) is 0. The van der Waals surface area contributed by atoms with Crippen LogP contribution in [0, 0.1) is 0 Å². The van der Waals surface area contributed by atoms with Crippen LogP contribution >= 0.6 is 0 Å². The van der Waals surface area contributed by atoms with E-state index in [4.69, 9.17) is 0 Å². The second kappa shape index (κ2) is 6.40. The third-order valence-corrected chi connectivity index (χ3v) is 1.39. The van der Waals surface area contributed by atoms with Crippen LogP contribution in [0.4, 0.5) is 0 Å². The zero-order chi connectivity index (χ0) is 9.56. The Morgan fingerprint density at radius 1 is 1.25 bits per heavy atom. The highest BCUT2D eigenvalue weighted by Gasteiger charge is 2.04. The van der Waals surface area contributed by atoms with Crippen LogP contribution in [0.5, 0.6) is 0 Å². The van der Waals surface area contributed by atoms with Gasteiger partial charge in [0.25, 0.3) is 0 Å². The van der Waals surface area contributed by atoms with Crippen LogP contribution in [0.2, 0.25) is 0 Å². The smallest absolute Gasteiger partial charge is 0.205 e. The molecular weight excluding hydrogens is 208 g/mol. The van der Waals surface area contributed by atoms with E-state index in [2.05, 4.69) is 8.37 Å². The first-order valence-corrected chi connectivity index (χ1v) is 4.72. The van der Waals surface area contributed by atoms with E-state index in [0.717, 1.165) is 6.08 Å². The van der Waals surface area contributed by atoms with Crippen molar-refractivity contribution in [2.75, 3.05) is 0 Å². The molecule has 0 heterocycles. The van der Waals surface area contributed by atoms with Crippen LogP contribution in [0.25, 0.3) is 0 Å². The van der Waals surface area contributed by atoms with Crippen molar-refractivity contribution in [2.45, 2.75) is 13.2 Å². The first-order valence-electron chi connectivity index (χ1n) is 2.72. The summed E-state index contributed by atoms with van der Waals surface area (Å²) in [5.74, 6) is 0. The van der Waals surface area contributed by atoms with Gasteiger partial charge in [-0.3, -0.25) is 8.37 Å². The van der Waals surface area contributed by atoms with E-state index in [1.165, 1.54) is 6.08 Å². The van der Waals surface area contributed by atoms with E-state index in [0.29, 0.717) is 0 Å². The average Bonchev–Trinajstić information content (AvgIpc) is 1.84. The number of allylic oxidation sites excluding steroid dienone is 1. The highest BCUT2D eigenvalue weighted by molar-refractivity contribution is 7.74. The van der Waals surface area contributed by atoms with Crippen molar-refractivity contribution in [2.24, 2.45) is 0 Å². The molecule has 0 saturated carbocycles. The fourth-order valence-corrected chi connectivity index (χ4v) is 0.959. The van der Waals surface area contributed by atoms with Crippen molar-refractivity contribution >= 4 is 22.7 Å². The molecule has 0 N–H and O–H groups in total. The third-order valence-electron chi connectivity index (χ3n) is 0.696. The van der Waals surface area contributed by atoms with Gasteiger partial charge in [-0.05, 0) is 13.0 Å². The first-order chi connectivity index (χ1) is 5.56. The first kappa shape index (κ1) is 11.9. The van der Waals surface area contributed by atoms with Crippen molar-refractivity contribution in [3.63, 3.8) is 0 Å². The highest BCUT2D eigenvalue weighted by Crippen LogP contribution is 2.00. The van der Waals surface area contributed by atoms with E-state index in [-0.39, 0.29) is 0 Å². The lowest BCUT2D eigenvalue weighted by Crippen LogP contribution is -2.17.